The largest absolute Gasteiger partial charge is 0.481 e. The summed E-state index contributed by atoms with van der Waals surface area (Å²) in [4.78, 5) is 94.5. The van der Waals surface area contributed by atoms with Gasteiger partial charge in [0.2, 0.25) is 35.4 Å². The average molecular weight is 574 g/mol. The van der Waals surface area contributed by atoms with Gasteiger partial charge >= 0.3 is 11.9 Å². The van der Waals surface area contributed by atoms with Crippen molar-refractivity contribution < 1.29 is 48.6 Å². The maximum Gasteiger partial charge on any atom is 0.322 e. The number of nitrogens with two attached hydrogens (primary N) is 2. The van der Waals surface area contributed by atoms with Gasteiger partial charge in [-0.15, -0.1) is 0 Å². The SMILES string of the molecule is CC(C)C[C@H](NC(=O)CNC(=O)[C@H](CCC(=O)O)NC(=O)[C@@H](N)CCC(N)=O)C(=O)N[C@@H](C)C(=O)NCC(=O)O. The van der Waals surface area contributed by atoms with Crippen molar-refractivity contribution in [3.63, 3.8) is 0 Å². The number of carboxylic acids is 2. The first-order valence-corrected chi connectivity index (χ1v) is 12.5. The number of rotatable bonds is 19. The van der Waals surface area contributed by atoms with Crippen LogP contribution >= 0.6 is 0 Å². The van der Waals surface area contributed by atoms with E-state index in [-0.39, 0.29) is 31.6 Å². The van der Waals surface area contributed by atoms with Crippen molar-refractivity contribution in [1.29, 1.82) is 0 Å². The van der Waals surface area contributed by atoms with Gasteiger partial charge in [-0.05, 0) is 32.1 Å². The molecule has 0 aromatic carbocycles. The van der Waals surface area contributed by atoms with Gasteiger partial charge in [0.25, 0.3) is 0 Å². The third-order valence-corrected chi connectivity index (χ3v) is 5.27. The molecular weight excluding hydrogens is 534 g/mol. The van der Waals surface area contributed by atoms with Gasteiger partial charge in [0.05, 0.1) is 12.6 Å². The second-order valence-electron chi connectivity index (χ2n) is 9.41. The molecular formula is C23H39N7O10. The average Bonchev–Trinajstić information content (AvgIpc) is 2.85. The number of hydrogen-bond acceptors (Lipinski definition) is 9. The molecule has 6 amide bonds. The molecule has 0 heterocycles. The maximum atomic E-state index is 12.7. The molecule has 40 heavy (non-hydrogen) atoms. The fraction of sp³-hybridized carbons (Fsp3) is 0.652. The first-order chi connectivity index (χ1) is 18.5. The Labute approximate surface area is 230 Å². The third-order valence-electron chi connectivity index (χ3n) is 5.27. The van der Waals surface area contributed by atoms with Gasteiger partial charge in [-0.3, -0.25) is 38.4 Å². The van der Waals surface area contributed by atoms with Gasteiger partial charge in [-0.25, -0.2) is 0 Å². The van der Waals surface area contributed by atoms with Crippen LogP contribution in [0.4, 0.5) is 0 Å². The highest BCUT2D eigenvalue weighted by Crippen LogP contribution is 2.06. The Morgan fingerprint density at radius 3 is 1.80 bits per heavy atom. The maximum absolute atomic E-state index is 12.7. The Kier molecular flexibility index (Phi) is 16.2. The highest BCUT2D eigenvalue weighted by Gasteiger charge is 2.27. The van der Waals surface area contributed by atoms with E-state index >= 15 is 0 Å². The lowest BCUT2D eigenvalue weighted by molar-refractivity contribution is -0.138. The van der Waals surface area contributed by atoms with Crippen molar-refractivity contribution in [2.45, 2.75) is 77.0 Å². The van der Waals surface area contributed by atoms with Crippen LogP contribution < -0.4 is 38.1 Å². The van der Waals surface area contributed by atoms with E-state index in [4.69, 9.17) is 21.7 Å². The van der Waals surface area contributed by atoms with Crippen molar-refractivity contribution in [3.8, 4) is 0 Å². The number of amides is 6. The van der Waals surface area contributed by atoms with E-state index in [2.05, 4.69) is 26.6 Å². The standard InChI is InChI=1S/C23H39N7O10/c1-11(2)8-15(23(40)28-12(3)20(37)27-10-19(35)36)29-17(32)9-26-22(39)14(5-7-18(33)34)30-21(38)13(24)4-6-16(25)31/h11-15H,4-10,24H2,1-3H3,(H2,25,31)(H,26,39)(H,27,37)(H,28,40)(H,29,32)(H,30,38)(H,33,34)(H,35,36)/t12-,13-,14-,15-/m0/s1. The van der Waals surface area contributed by atoms with Gasteiger partial charge in [-0.2, -0.15) is 0 Å². The minimum Gasteiger partial charge on any atom is -0.481 e. The molecule has 0 aliphatic rings. The minimum atomic E-state index is -1.36. The smallest absolute Gasteiger partial charge is 0.322 e. The molecule has 0 aromatic heterocycles. The number of nitrogens with one attached hydrogen (secondary N) is 5. The molecule has 226 valence electrons. The zero-order valence-corrected chi connectivity index (χ0v) is 22.7. The lowest BCUT2D eigenvalue weighted by Crippen LogP contribution is -2.55. The molecule has 0 radical (unpaired) electrons. The normalized spacial score (nSPS) is 13.6. The van der Waals surface area contributed by atoms with Gasteiger partial charge < -0.3 is 48.3 Å². The summed E-state index contributed by atoms with van der Waals surface area (Å²) in [5.41, 5.74) is 10.7. The fourth-order valence-electron chi connectivity index (χ4n) is 3.18. The number of carbonyl (C=O) groups is 8. The van der Waals surface area contributed by atoms with Gasteiger partial charge in [0.1, 0.15) is 24.7 Å². The molecule has 0 saturated heterocycles. The summed E-state index contributed by atoms with van der Waals surface area (Å²) in [5, 5.41) is 29.1. The molecule has 0 aromatic rings. The number of carbonyl (C=O) groups excluding carboxylic acids is 6. The minimum absolute atomic E-state index is 0.0730. The molecule has 4 atom stereocenters. The molecule has 0 fully saturated rings. The first kappa shape index (κ1) is 35.7. The zero-order chi connectivity index (χ0) is 31.0. The van der Waals surface area contributed by atoms with E-state index in [0.29, 0.717) is 0 Å². The fourth-order valence-corrected chi connectivity index (χ4v) is 3.18. The number of hydrogen-bond donors (Lipinski definition) is 9. The Morgan fingerprint density at radius 1 is 0.675 bits per heavy atom. The number of carboxylic acid groups (broad SMARTS) is 2. The summed E-state index contributed by atoms with van der Waals surface area (Å²) in [7, 11) is 0. The van der Waals surface area contributed by atoms with E-state index in [9.17, 15) is 38.4 Å². The lowest BCUT2D eigenvalue weighted by Gasteiger charge is -2.23. The molecule has 0 saturated carbocycles. The molecule has 0 unspecified atom stereocenters. The van der Waals surface area contributed by atoms with E-state index in [1.165, 1.54) is 6.92 Å². The molecule has 0 spiro atoms. The van der Waals surface area contributed by atoms with Crippen molar-refractivity contribution in [2.75, 3.05) is 13.1 Å². The highest BCUT2D eigenvalue weighted by molar-refractivity contribution is 5.95. The molecule has 17 nitrogen and oxygen atoms in total. The van der Waals surface area contributed by atoms with Crippen LogP contribution in [0.5, 0.6) is 0 Å². The summed E-state index contributed by atoms with van der Waals surface area (Å²) in [6, 6.07) is -4.77. The first-order valence-electron chi connectivity index (χ1n) is 12.5. The predicted molar refractivity (Wildman–Crippen MR) is 138 cm³/mol. The van der Waals surface area contributed by atoms with Crippen LogP contribution in [0.15, 0.2) is 0 Å². The van der Waals surface area contributed by atoms with E-state index in [1.54, 1.807) is 13.8 Å². The predicted octanol–water partition coefficient (Wildman–Crippen LogP) is -3.72. The van der Waals surface area contributed by atoms with Crippen molar-refractivity contribution in [3.05, 3.63) is 0 Å². The summed E-state index contributed by atoms with van der Waals surface area (Å²) in [6.07, 6.45) is -0.934. The monoisotopic (exact) mass is 573 g/mol. The molecule has 0 bridgehead atoms. The summed E-state index contributed by atoms with van der Waals surface area (Å²) < 4.78 is 0. The lowest BCUT2D eigenvalue weighted by atomic mass is 10.0. The van der Waals surface area contributed by atoms with Crippen LogP contribution in [0.25, 0.3) is 0 Å². The Bertz CT molecular complexity index is 956. The van der Waals surface area contributed by atoms with Crippen LogP contribution in [-0.2, 0) is 38.4 Å². The second-order valence-corrected chi connectivity index (χ2v) is 9.41. The van der Waals surface area contributed by atoms with E-state index < -0.39 is 91.1 Å². The quantitative estimate of drug-likeness (QED) is 0.0724. The van der Waals surface area contributed by atoms with Crippen LogP contribution in [0.2, 0.25) is 0 Å². The number of aliphatic carboxylic acids is 2. The van der Waals surface area contributed by atoms with Gasteiger partial charge in [0, 0.05) is 12.8 Å². The summed E-state index contributed by atoms with van der Waals surface area (Å²) >= 11 is 0. The van der Waals surface area contributed by atoms with E-state index in [0.717, 1.165) is 0 Å². The number of primary amides is 1. The molecule has 0 aliphatic carbocycles. The molecule has 17 heteroatoms. The van der Waals surface area contributed by atoms with E-state index in [1.807, 2.05) is 0 Å². The van der Waals surface area contributed by atoms with Crippen molar-refractivity contribution in [2.24, 2.45) is 17.4 Å². The van der Waals surface area contributed by atoms with Gasteiger partial charge in [0.15, 0.2) is 0 Å². The second kappa shape index (κ2) is 18.1. The Morgan fingerprint density at radius 2 is 1.27 bits per heavy atom. The van der Waals surface area contributed by atoms with Crippen LogP contribution in [0, 0.1) is 5.92 Å². The topological polar surface area (TPSA) is 289 Å². The summed E-state index contributed by atoms with van der Waals surface area (Å²) in [6.45, 7) is 3.61. The van der Waals surface area contributed by atoms with Crippen molar-refractivity contribution in [1.82, 2.24) is 26.6 Å². The van der Waals surface area contributed by atoms with Crippen LogP contribution in [0.3, 0.4) is 0 Å². The molecule has 11 N–H and O–H groups in total. The third kappa shape index (κ3) is 15.9. The van der Waals surface area contributed by atoms with Crippen molar-refractivity contribution >= 4 is 47.4 Å². The highest BCUT2D eigenvalue weighted by atomic mass is 16.4. The van der Waals surface area contributed by atoms with Gasteiger partial charge in [-0.1, -0.05) is 13.8 Å². The Hall–Kier alpha value is -4.28. The molecule has 0 aliphatic heterocycles. The molecule has 0 rings (SSSR count). The summed E-state index contributed by atoms with van der Waals surface area (Å²) in [5.74, 6) is -7.24. The zero-order valence-electron chi connectivity index (χ0n) is 22.7. The Balaban J connectivity index is 5.19. The van der Waals surface area contributed by atoms with Crippen LogP contribution in [0.1, 0.15) is 52.9 Å². The van der Waals surface area contributed by atoms with Crippen LogP contribution in [-0.4, -0.2) is 94.9 Å².